The van der Waals surface area contributed by atoms with Crippen LogP contribution in [0.1, 0.15) is 39.4 Å². The molecule has 0 aliphatic heterocycles. The fourth-order valence-electron chi connectivity index (χ4n) is 1.67. The van der Waals surface area contributed by atoms with Crippen LogP contribution < -0.4 is 10.6 Å². The summed E-state index contributed by atoms with van der Waals surface area (Å²) >= 11 is 0. The molecule has 0 radical (unpaired) electrons. The Morgan fingerprint density at radius 2 is 1.81 bits per heavy atom. The van der Waals surface area contributed by atoms with Crippen LogP contribution in [0.3, 0.4) is 0 Å². The van der Waals surface area contributed by atoms with Gasteiger partial charge in [-0.2, -0.15) is 13.2 Å². The van der Waals surface area contributed by atoms with Gasteiger partial charge in [0.15, 0.2) is 0 Å². The van der Waals surface area contributed by atoms with Gasteiger partial charge in [-0.15, -0.1) is 0 Å². The minimum atomic E-state index is -4.61. The van der Waals surface area contributed by atoms with Gasteiger partial charge in [-0.3, -0.25) is 0 Å². The number of anilines is 2. The molecule has 21 heavy (non-hydrogen) atoms. The van der Waals surface area contributed by atoms with E-state index in [0.29, 0.717) is 13.0 Å². The Kier molecular flexibility index (Phi) is 5.77. The molecule has 1 aromatic heterocycles. The molecule has 120 valence electrons. The highest BCUT2D eigenvalue weighted by atomic mass is 19.4. The smallest absolute Gasteiger partial charge is 0.396 e. The Hall–Kier alpha value is -1.57. The van der Waals surface area contributed by atoms with Crippen molar-refractivity contribution in [1.29, 1.82) is 0 Å². The Morgan fingerprint density at radius 3 is 2.33 bits per heavy atom. The molecule has 0 fully saturated rings. The fourth-order valence-corrected chi connectivity index (χ4v) is 1.67. The number of hydrogen-bond donors (Lipinski definition) is 3. The molecule has 0 aliphatic rings. The van der Waals surface area contributed by atoms with Gasteiger partial charge >= 0.3 is 6.18 Å². The summed E-state index contributed by atoms with van der Waals surface area (Å²) in [5.41, 5.74) is -0.575. The zero-order valence-corrected chi connectivity index (χ0v) is 12.4. The molecule has 0 saturated carbocycles. The summed E-state index contributed by atoms with van der Waals surface area (Å²) in [6.45, 7) is 5.91. The van der Waals surface area contributed by atoms with Gasteiger partial charge in [0.1, 0.15) is 11.6 Å². The molecule has 0 aromatic carbocycles. The van der Waals surface area contributed by atoms with Gasteiger partial charge in [0, 0.05) is 24.8 Å². The summed E-state index contributed by atoms with van der Waals surface area (Å²) in [7, 11) is 0. The van der Waals surface area contributed by atoms with E-state index in [1.54, 1.807) is 13.8 Å². The van der Waals surface area contributed by atoms with Crippen LogP contribution in [0.25, 0.3) is 0 Å². The Morgan fingerprint density at radius 1 is 1.19 bits per heavy atom. The van der Waals surface area contributed by atoms with Crippen LogP contribution >= 0.6 is 0 Å². The van der Waals surface area contributed by atoms with Gasteiger partial charge in [0.2, 0.25) is 5.82 Å². The van der Waals surface area contributed by atoms with Gasteiger partial charge < -0.3 is 15.7 Å². The van der Waals surface area contributed by atoms with Crippen molar-refractivity contribution in [2.24, 2.45) is 0 Å². The Bertz CT molecular complexity index is 463. The zero-order valence-electron chi connectivity index (χ0n) is 12.4. The molecule has 0 amide bonds. The summed E-state index contributed by atoms with van der Waals surface area (Å²) in [5.74, 6) is -0.984. The van der Waals surface area contributed by atoms with Gasteiger partial charge in [-0.25, -0.2) is 9.97 Å². The third kappa shape index (κ3) is 5.74. The van der Waals surface area contributed by atoms with Crippen molar-refractivity contribution < 1.29 is 18.3 Å². The number of halogens is 3. The van der Waals surface area contributed by atoms with Crippen LogP contribution in [-0.4, -0.2) is 33.8 Å². The van der Waals surface area contributed by atoms with Crippen molar-refractivity contribution >= 4 is 11.6 Å². The first-order valence-corrected chi connectivity index (χ1v) is 6.77. The molecule has 5 nitrogen and oxygen atoms in total. The number of rotatable bonds is 7. The molecule has 3 N–H and O–H groups in total. The van der Waals surface area contributed by atoms with E-state index in [1.165, 1.54) is 6.07 Å². The quantitative estimate of drug-likeness (QED) is 0.722. The summed E-state index contributed by atoms with van der Waals surface area (Å²) in [6, 6.07) is 1.43. The lowest BCUT2D eigenvalue weighted by atomic mass is 10.0. The average Bonchev–Trinajstić information content (AvgIpc) is 2.34. The first-order valence-electron chi connectivity index (χ1n) is 6.77. The van der Waals surface area contributed by atoms with Crippen LogP contribution in [0.4, 0.5) is 24.8 Å². The van der Waals surface area contributed by atoms with Crippen molar-refractivity contribution in [2.45, 2.75) is 45.3 Å². The topological polar surface area (TPSA) is 70.1 Å². The van der Waals surface area contributed by atoms with E-state index in [2.05, 4.69) is 20.6 Å². The second-order valence-corrected chi connectivity index (χ2v) is 5.37. The van der Waals surface area contributed by atoms with E-state index >= 15 is 0 Å². The van der Waals surface area contributed by atoms with Crippen LogP contribution in [-0.2, 0) is 6.18 Å². The van der Waals surface area contributed by atoms with Crippen LogP contribution in [0, 0.1) is 0 Å². The van der Waals surface area contributed by atoms with Crippen LogP contribution in [0.5, 0.6) is 0 Å². The molecule has 0 saturated heterocycles. The lowest BCUT2D eigenvalue weighted by molar-refractivity contribution is -0.144. The lowest BCUT2D eigenvalue weighted by Crippen LogP contribution is -2.32. The monoisotopic (exact) mass is 306 g/mol. The molecular formula is C13H21F3N4O. The van der Waals surface area contributed by atoms with Gasteiger partial charge in [0.25, 0.3) is 0 Å². The average molecular weight is 306 g/mol. The number of aromatic nitrogens is 2. The number of alkyl halides is 3. The maximum Gasteiger partial charge on any atom is 0.451 e. The SMILES string of the molecule is CCCNc1cc(NC(C)(C)CCO)nc(C(F)(F)F)n1. The predicted octanol–water partition coefficient (Wildman–Crippen LogP) is 2.89. The van der Waals surface area contributed by atoms with Crippen LogP contribution in [0.15, 0.2) is 6.07 Å². The maximum absolute atomic E-state index is 12.8. The standard InChI is InChI=1S/C13H21F3N4O/c1-4-6-17-9-8-10(20-12(2,3)5-7-21)19-11(18-9)13(14,15)16/h8,21H,4-7H2,1-3H3,(H2,17,18,19,20). The molecule has 1 rings (SSSR count). The van der Waals surface area contributed by atoms with Gasteiger partial charge in [-0.05, 0) is 26.7 Å². The first-order chi connectivity index (χ1) is 9.68. The Labute approximate surface area is 122 Å². The summed E-state index contributed by atoms with van der Waals surface area (Å²) < 4.78 is 38.5. The highest BCUT2D eigenvalue weighted by Gasteiger charge is 2.35. The molecule has 1 heterocycles. The number of aliphatic hydroxyl groups is 1. The van der Waals surface area contributed by atoms with E-state index in [-0.39, 0.29) is 18.2 Å². The minimum absolute atomic E-state index is 0.0713. The molecule has 8 heteroatoms. The van der Waals surface area contributed by atoms with E-state index in [0.717, 1.165) is 6.42 Å². The van der Waals surface area contributed by atoms with Gasteiger partial charge in [0.05, 0.1) is 0 Å². The van der Waals surface area contributed by atoms with Crippen molar-refractivity contribution in [2.75, 3.05) is 23.8 Å². The fraction of sp³-hybridized carbons (Fsp3) is 0.692. The van der Waals surface area contributed by atoms with E-state index in [9.17, 15) is 13.2 Å². The second-order valence-electron chi connectivity index (χ2n) is 5.37. The number of aliphatic hydroxyl groups excluding tert-OH is 1. The molecule has 0 unspecified atom stereocenters. The highest BCUT2D eigenvalue weighted by molar-refractivity contribution is 5.49. The van der Waals surface area contributed by atoms with E-state index in [4.69, 9.17) is 5.11 Å². The zero-order chi connectivity index (χ0) is 16.1. The Balaban J connectivity index is 3.07. The molecule has 0 aliphatic carbocycles. The number of nitrogens with one attached hydrogen (secondary N) is 2. The normalized spacial score (nSPS) is 12.3. The molecule has 0 spiro atoms. The van der Waals surface area contributed by atoms with Crippen molar-refractivity contribution in [3.05, 3.63) is 11.9 Å². The molecule has 1 aromatic rings. The summed E-state index contributed by atoms with van der Waals surface area (Å²) in [5, 5.41) is 14.7. The minimum Gasteiger partial charge on any atom is -0.396 e. The largest absolute Gasteiger partial charge is 0.451 e. The summed E-state index contributed by atoms with van der Waals surface area (Å²) in [4.78, 5) is 6.99. The van der Waals surface area contributed by atoms with Crippen molar-refractivity contribution in [1.82, 2.24) is 9.97 Å². The lowest BCUT2D eigenvalue weighted by Gasteiger charge is -2.26. The second kappa shape index (κ2) is 6.93. The number of hydrogen-bond acceptors (Lipinski definition) is 5. The molecule has 0 atom stereocenters. The third-order valence-electron chi connectivity index (χ3n) is 2.74. The molecular weight excluding hydrogens is 285 g/mol. The molecule has 0 bridgehead atoms. The predicted molar refractivity (Wildman–Crippen MR) is 75.2 cm³/mol. The van der Waals surface area contributed by atoms with Crippen LogP contribution in [0.2, 0.25) is 0 Å². The van der Waals surface area contributed by atoms with E-state index in [1.807, 2.05) is 6.92 Å². The third-order valence-corrected chi connectivity index (χ3v) is 2.74. The van der Waals surface area contributed by atoms with Crippen molar-refractivity contribution in [3.8, 4) is 0 Å². The first kappa shape index (κ1) is 17.5. The van der Waals surface area contributed by atoms with Crippen molar-refractivity contribution in [3.63, 3.8) is 0 Å². The summed E-state index contributed by atoms with van der Waals surface area (Å²) in [6.07, 6.45) is -3.46. The number of nitrogens with zero attached hydrogens (tertiary/aromatic N) is 2. The van der Waals surface area contributed by atoms with Gasteiger partial charge in [-0.1, -0.05) is 6.92 Å². The van der Waals surface area contributed by atoms with E-state index < -0.39 is 17.5 Å². The maximum atomic E-state index is 12.8. The highest BCUT2D eigenvalue weighted by Crippen LogP contribution is 2.29.